The van der Waals surface area contributed by atoms with Gasteiger partial charge in [0.1, 0.15) is 0 Å². The first kappa shape index (κ1) is 15.4. The van der Waals surface area contributed by atoms with Crippen molar-refractivity contribution >= 4 is 21.6 Å². The number of sulfonamides is 1. The number of halogens is 1. The third-order valence-corrected chi connectivity index (χ3v) is 4.95. The van der Waals surface area contributed by atoms with Crippen LogP contribution in [0.2, 0.25) is 0 Å². The van der Waals surface area contributed by atoms with E-state index in [-0.39, 0.29) is 11.1 Å². The molecule has 0 spiro atoms. The molecule has 18 heavy (non-hydrogen) atoms. The van der Waals surface area contributed by atoms with Crippen molar-refractivity contribution in [1.29, 1.82) is 0 Å². The summed E-state index contributed by atoms with van der Waals surface area (Å²) in [4.78, 5) is 3.89. The number of nitrogens with one attached hydrogen (secondary N) is 1. The molecule has 1 aromatic rings. The molecule has 0 saturated heterocycles. The molecule has 0 bridgehead atoms. The van der Waals surface area contributed by atoms with Crippen molar-refractivity contribution in [3.05, 3.63) is 30.1 Å². The van der Waals surface area contributed by atoms with Crippen LogP contribution < -0.4 is 4.72 Å². The third kappa shape index (κ3) is 4.92. The average molecular weight is 291 g/mol. The van der Waals surface area contributed by atoms with E-state index < -0.39 is 15.6 Å². The molecule has 1 aromatic heterocycles. The molecule has 0 radical (unpaired) electrons. The van der Waals surface area contributed by atoms with Crippen molar-refractivity contribution in [2.75, 3.05) is 5.75 Å². The van der Waals surface area contributed by atoms with Crippen LogP contribution in [-0.2, 0) is 16.4 Å². The Morgan fingerprint density at radius 3 is 2.44 bits per heavy atom. The largest absolute Gasteiger partial charge is 0.265 e. The van der Waals surface area contributed by atoms with Crippen LogP contribution in [0, 0.1) is 0 Å². The van der Waals surface area contributed by atoms with Crippen LogP contribution in [0.3, 0.4) is 0 Å². The van der Waals surface area contributed by atoms with Crippen LogP contribution in [0.15, 0.2) is 24.5 Å². The van der Waals surface area contributed by atoms with Gasteiger partial charge in [-0.15, -0.1) is 11.6 Å². The first-order valence-corrected chi connectivity index (χ1v) is 7.86. The number of hydrogen-bond donors (Lipinski definition) is 1. The smallest absolute Gasteiger partial charge is 0.212 e. The predicted molar refractivity (Wildman–Crippen MR) is 74.3 cm³/mol. The van der Waals surface area contributed by atoms with Gasteiger partial charge >= 0.3 is 0 Å². The van der Waals surface area contributed by atoms with Gasteiger partial charge in [-0.3, -0.25) is 4.98 Å². The lowest BCUT2D eigenvalue weighted by atomic mass is 10.0. The van der Waals surface area contributed by atoms with Gasteiger partial charge in [0.2, 0.25) is 10.0 Å². The summed E-state index contributed by atoms with van der Waals surface area (Å²) in [6.07, 6.45) is 3.77. The number of nitrogens with zero attached hydrogens (tertiary/aromatic N) is 1. The normalized spacial score (nSPS) is 14.4. The van der Waals surface area contributed by atoms with Crippen LogP contribution in [-0.4, -0.2) is 30.1 Å². The lowest BCUT2D eigenvalue weighted by molar-refractivity contribution is 0.445. The second-order valence-electron chi connectivity index (χ2n) is 4.86. The maximum atomic E-state index is 11.9. The summed E-state index contributed by atoms with van der Waals surface area (Å²) in [5.74, 6) is 0.0457. The maximum absolute atomic E-state index is 11.9. The van der Waals surface area contributed by atoms with E-state index in [9.17, 15) is 8.42 Å². The molecular formula is C12H19ClN2O2S. The summed E-state index contributed by atoms with van der Waals surface area (Å²) in [7, 11) is -3.34. The van der Waals surface area contributed by atoms with Crippen molar-refractivity contribution in [2.45, 2.75) is 38.1 Å². The second kappa shape index (κ2) is 5.99. The van der Waals surface area contributed by atoms with Gasteiger partial charge in [-0.1, -0.05) is 0 Å². The Hall–Kier alpha value is -0.650. The highest BCUT2D eigenvalue weighted by atomic mass is 35.5. The molecule has 1 heterocycles. The Kier molecular flexibility index (Phi) is 5.13. The zero-order chi connectivity index (χ0) is 13.8. The quantitative estimate of drug-likeness (QED) is 0.815. The average Bonchev–Trinajstić information content (AvgIpc) is 2.26. The molecule has 1 unspecified atom stereocenters. The molecule has 0 aliphatic rings. The fourth-order valence-electron chi connectivity index (χ4n) is 1.33. The summed E-state index contributed by atoms with van der Waals surface area (Å²) in [5.41, 5.74) is 0.297. The number of hydrogen-bond acceptors (Lipinski definition) is 3. The molecule has 0 aliphatic carbocycles. The molecule has 1 N–H and O–H groups in total. The maximum Gasteiger partial charge on any atom is 0.212 e. The van der Waals surface area contributed by atoms with Crippen molar-refractivity contribution in [1.82, 2.24) is 9.71 Å². The zero-order valence-electron chi connectivity index (χ0n) is 10.9. The van der Waals surface area contributed by atoms with Crippen LogP contribution in [0.5, 0.6) is 0 Å². The number of aromatic nitrogens is 1. The monoisotopic (exact) mass is 290 g/mol. The molecule has 0 amide bonds. The number of alkyl halides is 1. The first-order chi connectivity index (χ1) is 8.23. The predicted octanol–water partition coefficient (Wildman–Crippen LogP) is 1.95. The molecule has 0 aromatic carbocycles. The molecule has 1 rings (SSSR count). The minimum atomic E-state index is -3.34. The molecule has 102 valence electrons. The van der Waals surface area contributed by atoms with Crippen LogP contribution >= 0.6 is 11.6 Å². The highest BCUT2D eigenvalue weighted by Gasteiger charge is 2.29. The molecule has 0 fully saturated rings. The van der Waals surface area contributed by atoms with E-state index in [4.69, 9.17) is 11.6 Å². The Morgan fingerprint density at radius 1 is 1.39 bits per heavy atom. The molecular weight excluding hydrogens is 272 g/mol. The Balaban J connectivity index is 2.61. The number of aryl methyl sites for hydroxylation is 1. The Bertz CT molecular complexity index is 472. The minimum absolute atomic E-state index is 0.0457. The standard InChI is InChI=1S/C12H19ClN2O2S/c1-10(13)12(2,3)15-18(16,17)9-6-11-4-7-14-8-5-11/h4-5,7-8,10,15H,6,9H2,1-3H3. The highest BCUT2D eigenvalue weighted by molar-refractivity contribution is 7.89. The molecule has 6 heteroatoms. The molecule has 4 nitrogen and oxygen atoms in total. The van der Waals surface area contributed by atoms with Gasteiger partial charge in [0.15, 0.2) is 0 Å². The topological polar surface area (TPSA) is 59.1 Å². The summed E-state index contributed by atoms with van der Waals surface area (Å²) >= 11 is 5.96. The fraction of sp³-hybridized carbons (Fsp3) is 0.583. The van der Waals surface area contributed by atoms with E-state index in [1.54, 1.807) is 33.2 Å². The molecule has 1 atom stereocenters. The first-order valence-electron chi connectivity index (χ1n) is 5.77. The fourth-order valence-corrected chi connectivity index (χ4v) is 3.04. The lowest BCUT2D eigenvalue weighted by Crippen LogP contribution is -2.49. The van der Waals surface area contributed by atoms with Crippen molar-refractivity contribution < 1.29 is 8.42 Å². The van der Waals surface area contributed by atoms with Gasteiger partial charge in [-0.25, -0.2) is 13.1 Å². The Labute approximate surface area is 114 Å². The van der Waals surface area contributed by atoms with Crippen LogP contribution in [0.4, 0.5) is 0 Å². The summed E-state index contributed by atoms with van der Waals surface area (Å²) in [6.45, 7) is 5.32. The van der Waals surface area contributed by atoms with E-state index in [1.807, 2.05) is 12.1 Å². The third-order valence-electron chi connectivity index (χ3n) is 2.82. The van der Waals surface area contributed by atoms with Crippen LogP contribution in [0.1, 0.15) is 26.3 Å². The summed E-state index contributed by atoms with van der Waals surface area (Å²) in [5, 5.41) is -0.284. The summed E-state index contributed by atoms with van der Waals surface area (Å²) < 4.78 is 26.5. The Morgan fingerprint density at radius 2 is 1.94 bits per heavy atom. The van der Waals surface area contributed by atoms with Crippen LogP contribution in [0.25, 0.3) is 0 Å². The highest BCUT2D eigenvalue weighted by Crippen LogP contribution is 2.16. The van der Waals surface area contributed by atoms with E-state index in [0.29, 0.717) is 6.42 Å². The van der Waals surface area contributed by atoms with E-state index in [2.05, 4.69) is 9.71 Å². The van der Waals surface area contributed by atoms with Gasteiger partial charge < -0.3 is 0 Å². The van der Waals surface area contributed by atoms with Gasteiger partial charge in [0, 0.05) is 23.3 Å². The van der Waals surface area contributed by atoms with Gasteiger partial charge in [-0.2, -0.15) is 0 Å². The summed E-state index contributed by atoms with van der Waals surface area (Å²) in [6, 6.07) is 3.62. The van der Waals surface area contributed by atoms with E-state index in [0.717, 1.165) is 5.56 Å². The zero-order valence-corrected chi connectivity index (χ0v) is 12.4. The van der Waals surface area contributed by atoms with Crippen molar-refractivity contribution in [3.63, 3.8) is 0 Å². The second-order valence-corrected chi connectivity index (χ2v) is 7.36. The SMILES string of the molecule is CC(Cl)C(C)(C)NS(=O)(=O)CCc1ccncc1. The van der Waals surface area contributed by atoms with Crippen molar-refractivity contribution in [2.24, 2.45) is 0 Å². The van der Waals surface area contributed by atoms with E-state index in [1.165, 1.54) is 0 Å². The molecule has 0 saturated carbocycles. The van der Waals surface area contributed by atoms with Gasteiger partial charge in [-0.05, 0) is 44.9 Å². The number of rotatable bonds is 6. The minimum Gasteiger partial charge on any atom is -0.265 e. The molecule has 0 aliphatic heterocycles. The van der Waals surface area contributed by atoms with E-state index >= 15 is 0 Å². The lowest BCUT2D eigenvalue weighted by Gasteiger charge is -2.28. The van der Waals surface area contributed by atoms with Crippen molar-refractivity contribution in [3.8, 4) is 0 Å². The van der Waals surface area contributed by atoms with Gasteiger partial charge in [0.05, 0.1) is 5.75 Å². The van der Waals surface area contributed by atoms with Gasteiger partial charge in [0.25, 0.3) is 0 Å². The number of pyridine rings is 1.